The van der Waals surface area contributed by atoms with Gasteiger partial charge < -0.3 is 9.64 Å². The molecule has 3 aromatic rings. The first-order valence-electron chi connectivity index (χ1n) is 12.0. The molecule has 2 aromatic carbocycles. The number of pyridine rings is 1. The van der Waals surface area contributed by atoms with Crippen molar-refractivity contribution in [3.05, 3.63) is 66.4 Å². The number of para-hydroxylation sites is 1. The molecule has 0 radical (unpaired) electrons. The normalized spacial score (nSPS) is 21.3. The summed E-state index contributed by atoms with van der Waals surface area (Å²) in [6.45, 7) is 7.16. The van der Waals surface area contributed by atoms with E-state index in [1.807, 2.05) is 17.0 Å². The van der Waals surface area contributed by atoms with Gasteiger partial charge in [0.2, 0.25) is 0 Å². The molecular weight excluding hydrogens is 464 g/mol. The fraction of sp³-hybridized carbons (Fsp3) is 0.385. The van der Waals surface area contributed by atoms with Gasteiger partial charge in [-0.15, -0.1) is 0 Å². The van der Waals surface area contributed by atoms with Crippen LogP contribution in [0.4, 0.5) is 5.69 Å². The summed E-state index contributed by atoms with van der Waals surface area (Å²) in [5.41, 5.74) is 1.36. The first-order chi connectivity index (χ1) is 16.9. The maximum Gasteiger partial charge on any atom is 0.264 e. The largest absolute Gasteiger partial charge is 0.381 e. The van der Waals surface area contributed by atoms with Gasteiger partial charge in [0, 0.05) is 61.7 Å². The number of fused-ring (bicyclic) bond motifs is 1. The van der Waals surface area contributed by atoms with Crippen LogP contribution in [0, 0.1) is 5.92 Å². The number of carbonyl (C=O) groups excluding carboxylic acids is 1. The van der Waals surface area contributed by atoms with Crippen LogP contribution < -0.4 is 4.72 Å². The minimum atomic E-state index is -3.84. The van der Waals surface area contributed by atoms with Gasteiger partial charge in [0.15, 0.2) is 0 Å². The summed E-state index contributed by atoms with van der Waals surface area (Å²) in [7, 11) is -3.84. The topological polar surface area (TPSA) is 91.8 Å². The van der Waals surface area contributed by atoms with E-state index in [0.29, 0.717) is 29.2 Å². The summed E-state index contributed by atoms with van der Waals surface area (Å²) in [6, 6.07) is 15.4. The van der Waals surface area contributed by atoms with Crippen LogP contribution in [-0.2, 0) is 14.8 Å². The fourth-order valence-corrected chi connectivity index (χ4v) is 6.18. The van der Waals surface area contributed by atoms with Crippen molar-refractivity contribution >= 4 is 32.5 Å². The Morgan fingerprint density at radius 2 is 1.91 bits per heavy atom. The van der Waals surface area contributed by atoms with Gasteiger partial charge in [-0.25, -0.2) is 8.42 Å². The summed E-state index contributed by atoms with van der Waals surface area (Å²) < 4.78 is 34.2. The second-order valence-corrected chi connectivity index (χ2v) is 11.0. The Balaban J connectivity index is 1.24. The second-order valence-electron chi connectivity index (χ2n) is 9.35. The molecule has 2 atom stereocenters. The van der Waals surface area contributed by atoms with Gasteiger partial charge in [-0.05, 0) is 55.7 Å². The third-order valence-electron chi connectivity index (χ3n) is 6.78. The SMILES string of the molecule is C[C@H]1CN(C[C@@H]2CCOC2)CCN1C(=O)c1ccc(NS(=O)(=O)c2cccc3cccnc23)cc1. The Hall–Kier alpha value is -3.01. The average molecular weight is 495 g/mol. The molecule has 2 aliphatic heterocycles. The monoisotopic (exact) mass is 494 g/mol. The zero-order valence-corrected chi connectivity index (χ0v) is 20.6. The maximum absolute atomic E-state index is 13.2. The Morgan fingerprint density at radius 1 is 1.11 bits per heavy atom. The number of benzene rings is 2. The van der Waals surface area contributed by atoms with Gasteiger partial charge >= 0.3 is 0 Å². The molecule has 184 valence electrons. The number of amides is 1. The number of nitrogens with zero attached hydrogens (tertiary/aromatic N) is 3. The van der Waals surface area contributed by atoms with Crippen molar-refractivity contribution in [3.8, 4) is 0 Å². The molecule has 35 heavy (non-hydrogen) atoms. The molecule has 0 saturated carbocycles. The Labute approximate surface area is 205 Å². The molecule has 2 fully saturated rings. The smallest absolute Gasteiger partial charge is 0.264 e. The summed E-state index contributed by atoms with van der Waals surface area (Å²) in [5, 5.41) is 0.752. The number of ether oxygens (including phenoxy) is 1. The number of anilines is 1. The van der Waals surface area contributed by atoms with E-state index in [1.54, 1.807) is 42.6 Å². The van der Waals surface area contributed by atoms with E-state index in [-0.39, 0.29) is 16.8 Å². The Kier molecular flexibility index (Phi) is 6.73. The predicted molar refractivity (Wildman–Crippen MR) is 135 cm³/mol. The van der Waals surface area contributed by atoms with Crippen molar-refractivity contribution in [2.75, 3.05) is 44.1 Å². The Bertz CT molecular complexity index is 1300. The molecule has 2 aliphatic rings. The highest BCUT2D eigenvalue weighted by Crippen LogP contribution is 2.24. The van der Waals surface area contributed by atoms with E-state index in [0.717, 1.165) is 44.7 Å². The molecule has 5 rings (SSSR count). The first-order valence-corrected chi connectivity index (χ1v) is 13.5. The lowest BCUT2D eigenvalue weighted by Gasteiger charge is -2.40. The van der Waals surface area contributed by atoms with Gasteiger partial charge in [0.1, 0.15) is 4.90 Å². The molecule has 9 heteroatoms. The van der Waals surface area contributed by atoms with Gasteiger partial charge in [-0.1, -0.05) is 18.2 Å². The standard InChI is InChI=1S/C26H30N4O4S/c1-19-16-29(17-20-11-15-34-18-20)13-14-30(19)26(31)22-7-9-23(10-8-22)28-35(32,33)24-6-2-4-21-5-3-12-27-25(21)24/h2-10,12,19-20,28H,11,13-18H2,1H3/t19-,20-/m0/s1. The average Bonchev–Trinajstić information content (AvgIpc) is 3.37. The van der Waals surface area contributed by atoms with Crippen molar-refractivity contribution in [2.45, 2.75) is 24.3 Å². The van der Waals surface area contributed by atoms with Crippen LogP contribution in [0.25, 0.3) is 10.9 Å². The van der Waals surface area contributed by atoms with E-state index in [2.05, 4.69) is 21.5 Å². The zero-order valence-electron chi connectivity index (χ0n) is 19.8. The molecule has 0 spiro atoms. The van der Waals surface area contributed by atoms with Crippen molar-refractivity contribution in [1.82, 2.24) is 14.8 Å². The third-order valence-corrected chi connectivity index (χ3v) is 8.20. The summed E-state index contributed by atoms with van der Waals surface area (Å²) >= 11 is 0. The third kappa shape index (κ3) is 5.17. The molecule has 1 amide bonds. The van der Waals surface area contributed by atoms with Crippen LogP contribution in [0.1, 0.15) is 23.7 Å². The Morgan fingerprint density at radius 3 is 2.66 bits per heavy atom. The lowest BCUT2D eigenvalue weighted by Crippen LogP contribution is -2.54. The number of sulfonamides is 1. The number of aromatic nitrogens is 1. The number of nitrogens with one attached hydrogen (secondary N) is 1. The van der Waals surface area contributed by atoms with Crippen molar-refractivity contribution in [1.29, 1.82) is 0 Å². The van der Waals surface area contributed by atoms with Crippen LogP contribution in [0.2, 0.25) is 0 Å². The number of hydrogen-bond acceptors (Lipinski definition) is 6. The minimum absolute atomic E-state index is 0.0333. The first kappa shape index (κ1) is 23.7. The molecule has 3 heterocycles. The van der Waals surface area contributed by atoms with Gasteiger partial charge in [0.25, 0.3) is 15.9 Å². The van der Waals surface area contributed by atoms with E-state index in [4.69, 9.17) is 4.74 Å². The highest BCUT2D eigenvalue weighted by Gasteiger charge is 2.30. The number of carbonyl (C=O) groups is 1. The zero-order chi connectivity index (χ0) is 24.4. The fourth-order valence-electron chi connectivity index (χ4n) is 4.94. The second kappa shape index (κ2) is 9.93. The van der Waals surface area contributed by atoms with E-state index in [1.165, 1.54) is 6.07 Å². The van der Waals surface area contributed by atoms with E-state index in [9.17, 15) is 13.2 Å². The highest BCUT2D eigenvalue weighted by atomic mass is 32.2. The lowest BCUT2D eigenvalue weighted by atomic mass is 10.1. The quantitative estimate of drug-likeness (QED) is 0.566. The molecule has 1 N–H and O–H groups in total. The molecule has 8 nitrogen and oxygen atoms in total. The van der Waals surface area contributed by atoms with Crippen LogP contribution >= 0.6 is 0 Å². The number of piperazine rings is 1. The summed E-state index contributed by atoms with van der Waals surface area (Å²) in [5.74, 6) is 0.555. The van der Waals surface area contributed by atoms with Crippen molar-refractivity contribution in [2.24, 2.45) is 5.92 Å². The molecule has 0 aliphatic carbocycles. The van der Waals surface area contributed by atoms with Gasteiger partial charge in [-0.2, -0.15) is 0 Å². The molecule has 0 bridgehead atoms. The van der Waals surface area contributed by atoms with Gasteiger partial charge in [-0.3, -0.25) is 19.4 Å². The molecule has 2 saturated heterocycles. The van der Waals surface area contributed by atoms with Crippen molar-refractivity contribution in [3.63, 3.8) is 0 Å². The van der Waals surface area contributed by atoms with Crippen molar-refractivity contribution < 1.29 is 17.9 Å². The molecular formula is C26H30N4O4S. The summed E-state index contributed by atoms with van der Waals surface area (Å²) in [4.78, 5) is 21.9. The highest BCUT2D eigenvalue weighted by molar-refractivity contribution is 7.93. The van der Waals surface area contributed by atoms with Crippen LogP contribution in [0.15, 0.2) is 65.7 Å². The van der Waals surface area contributed by atoms with Crippen LogP contribution in [-0.4, -0.2) is 74.5 Å². The van der Waals surface area contributed by atoms with E-state index >= 15 is 0 Å². The lowest BCUT2D eigenvalue weighted by molar-refractivity contribution is 0.0452. The van der Waals surface area contributed by atoms with E-state index < -0.39 is 10.0 Å². The van der Waals surface area contributed by atoms with Crippen LogP contribution in [0.3, 0.4) is 0 Å². The predicted octanol–water partition coefficient (Wildman–Crippen LogP) is 3.22. The maximum atomic E-state index is 13.2. The van der Waals surface area contributed by atoms with Gasteiger partial charge in [0.05, 0.1) is 12.1 Å². The summed E-state index contributed by atoms with van der Waals surface area (Å²) in [6.07, 6.45) is 2.69. The minimum Gasteiger partial charge on any atom is -0.381 e. The van der Waals surface area contributed by atoms with Crippen LogP contribution in [0.5, 0.6) is 0 Å². The molecule has 0 unspecified atom stereocenters. The number of hydrogen-bond donors (Lipinski definition) is 1. The molecule has 1 aromatic heterocycles. The number of rotatable bonds is 6.